The molecule has 0 bridgehead atoms. The van der Waals surface area contributed by atoms with E-state index in [4.69, 9.17) is 0 Å². The van der Waals surface area contributed by atoms with Crippen molar-refractivity contribution in [2.45, 2.75) is 6.54 Å². The van der Waals surface area contributed by atoms with Crippen molar-refractivity contribution in [1.82, 2.24) is 20.3 Å². The van der Waals surface area contributed by atoms with Crippen LogP contribution < -0.4 is 5.43 Å². The molecular formula is C23H14N4O5. The average Bonchev–Trinajstić information content (AvgIpc) is 3.20. The van der Waals surface area contributed by atoms with Crippen molar-refractivity contribution in [1.29, 1.82) is 0 Å². The summed E-state index contributed by atoms with van der Waals surface area (Å²) < 4.78 is 0. The molecule has 1 N–H and O–H groups in total. The SMILES string of the molecule is O=C(NN1C(=O)c2ccccc2C1=O)c1ccc2c(c1)C(=O)N(Cc1cccnc1)C2=O. The quantitative estimate of drug-likeness (QED) is 0.636. The zero-order chi connectivity index (χ0) is 22.4. The molecule has 0 fully saturated rings. The Labute approximate surface area is 181 Å². The molecule has 156 valence electrons. The van der Waals surface area contributed by atoms with Gasteiger partial charge in [0.15, 0.2) is 0 Å². The normalized spacial score (nSPS) is 14.6. The Morgan fingerprint density at radius 2 is 1.44 bits per heavy atom. The third-order valence-corrected chi connectivity index (χ3v) is 5.30. The lowest BCUT2D eigenvalue weighted by molar-refractivity contribution is 0.0517. The Morgan fingerprint density at radius 1 is 0.781 bits per heavy atom. The molecule has 5 amide bonds. The maximum atomic E-state index is 12.8. The van der Waals surface area contributed by atoms with Crippen LogP contribution in [0.1, 0.15) is 57.4 Å². The fraction of sp³-hybridized carbons (Fsp3) is 0.0435. The van der Waals surface area contributed by atoms with E-state index in [-0.39, 0.29) is 34.4 Å². The summed E-state index contributed by atoms with van der Waals surface area (Å²) in [6.07, 6.45) is 3.15. The molecule has 9 nitrogen and oxygen atoms in total. The van der Waals surface area contributed by atoms with Crippen LogP contribution in [0.2, 0.25) is 0 Å². The summed E-state index contributed by atoms with van der Waals surface area (Å²) in [6.45, 7) is 0.0523. The van der Waals surface area contributed by atoms with Crippen molar-refractivity contribution < 1.29 is 24.0 Å². The third kappa shape index (κ3) is 2.95. The van der Waals surface area contributed by atoms with Crippen LogP contribution in [0.15, 0.2) is 67.0 Å². The molecule has 32 heavy (non-hydrogen) atoms. The largest absolute Gasteiger partial charge is 0.280 e. The smallest absolute Gasteiger partial charge is 0.270 e. The molecule has 0 aliphatic carbocycles. The van der Waals surface area contributed by atoms with Crippen LogP contribution in [-0.4, -0.2) is 44.4 Å². The molecule has 3 aromatic rings. The van der Waals surface area contributed by atoms with Crippen molar-refractivity contribution >= 4 is 29.5 Å². The number of rotatable bonds is 4. The Morgan fingerprint density at radius 3 is 2.09 bits per heavy atom. The summed E-state index contributed by atoms with van der Waals surface area (Å²) in [6, 6.07) is 13.7. The highest BCUT2D eigenvalue weighted by molar-refractivity contribution is 6.23. The fourth-order valence-electron chi connectivity index (χ4n) is 3.71. The Hall–Kier alpha value is -4.66. The minimum absolute atomic E-state index is 0.0321. The number of amides is 5. The van der Waals surface area contributed by atoms with Crippen LogP contribution >= 0.6 is 0 Å². The van der Waals surface area contributed by atoms with Gasteiger partial charge in [0.25, 0.3) is 29.5 Å². The first kappa shape index (κ1) is 19.3. The van der Waals surface area contributed by atoms with Crippen molar-refractivity contribution in [2.75, 3.05) is 0 Å². The maximum absolute atomic E-state index is 12.8. The van der Waals surface area contributed by atoms with E-state index in [1.165, 1.54) is 30.3 Å². The second-order valence-electron chi connectivity index (χ2n) is 7.25. The molecule has 0 radical (unpaired) electrons. The first-order valence-electron chi connectivity index (χ1n) is 9.63. The van der Waals surface area contributed by atoms with Crippen LogP contribution in [-0.2, 0) is 6.54 Å². The van der Waals surface area contributed by atoms with Crippen molar-refractivity contribution in [3.8, 4) is 0 Å². The van der Waals surface area contributed by atoms with Gasteiger partial charge in [-0.05, 0) is 42.0 Å². The molecule has 0 saturated heterocycles. The predicted molar refractivity (Wildman–Crippen MR) is 109 cm³/mol. The van der Waals surface area contributed by atoms with Gasteiger partial charge in [-0.1, -0.05) is 18.2 Å². The van der Waals surface area contributed by atoms with E-state index in [9.17, 15) is 24.0 Å². The molecule has 2 aliphatic heterocycles. The highest BCUT2D eigenvalue weighted by Gasteiger charge is 2.38. The zero-order valence-corrected chi connectivity index (χ0v) is 16.4. The van der Waals surface area contributed by atoms with Gasteiger partial charge >= 0.3 is 0 Å². The number of fused-ring (bicyclic) bond motifs is 2. The first-order chi connectivity index (χ1) is 15.5. The number of hydrogen-bond acceptors (Lipinski definition) is 6. The summed E-state index contributed by atoms with van der Waals surface area (Å²) in [7, 11) is 0. The number of hydrogen-bond donors (Lipinski definition) is 1. The van der Waals surface area contributed by atoms with E-state index >= 15 is 0 Å². The molecule has 2 aromatic carbocycles. The molecule has 0 spiro atoms. The standard InChI is InChI=1S/C23H14N4O5/c28-19(25-27-22(31)15-5-1-2-6-16(15)23(27)32)14-7-8-17-18(10-14)21(30)26(20(17)29)12-13-4-3-9-24-11-13/h1-11H,12H2,(H,25,28). The maximum Gasteiger partial charge on any atom is 0.280 e. The van der Waals surface area contributed by atoms with Crippen molar-refractivity contribution in [3.63, 3.8) is 0 Å². The van der Waals surface area contributed by atoms with Gasteiger partial charge in [-0.2, -0.15) is 5.01 Å². The minimum atomic E-state index is -0.756. The van der Waals surface area contributed by atoms with Crippen LogP contribution in [0.3, 0.4) is 0 Å². The summed E-state index contributed by atoms with van der Waals surface area (Å²) in [4.78, 5) is 68.2. The van der Waals surface area contributed by atoms with Gasteiger partial charge in [-0.25, -0.2) is 0 Å². The summed E-state index contributed by atoms with van der Waals surface area (Å²) in [5.41, 5.74) is 3.65. The molecular weight excluding hydrogens is 412 g/mol. The van der Waals surface area contributed by atoms with E-state index in [0.717, 1.165) is 4.90 Å². The fourth-order valence-corrected chi connectivity index (χ4v) is 3.71. The molecule has 0 atom stereocenters. The topological polar surface area (TPSA) is 117 Å². The molecule has 2 aliphatic rings. The highest BCUT2D eigenvalue weighted by Crippen LogP contribution is 2.26. The van der Waals surface area contributed by atoms with Gasteiger partial charge in [-0.3, -0.25) is 39.3 Å². The van der Waals surface area contributed by atoms with Crippen LogP contribution in [0.25, 0.3) is 0 Å². The number of nitrogens with zero attached hydrogens (tertiary/aromatic N) is 3. The number of aromatic nitrogens is 1. The van der Waals surface area contributed by atoms with Crippen LogP contribution in [0, 0.1) is 0 Å². The summed E-state index contributed by atoms with van der Waals surface area (Å²) in [5, 5.41) is 0.641. The van der Waals surface area contributed by atoms with Crippen molar-refractivity contribution in [3.05, 3.63) is 100 Å². The molecule has 0 saturated carbocycles. The number of carbonyl (C=O) groups is 5. The van der Waals surface area contributed by atoms with E-state index in [0.29, 0.717) is 10.6 Å². The van der Waals surface area contributed by atoms with E-state index < -0.39 is 29.5 Å². The third-order valence-electron chi connectivity index (χ3n) is 5.30. The summed E-state index contributed by atoms with van der Waals surface area (Å²) >= 11 is 0. The first-order valence-corrected chi connectivity index (χ1v) is 9.63. The number of nitrogens with one attached hydrogen (secondary N) is 1. The molecule has 1 aromatic heterocycles. The van der Waals surface area contributed by atoms with E-state index in [2.05, 4.69) is 10.4 Å². The van der Waals surface area contributed by atoms with Crippen molar-refractivity contribution in [2.24, 2.45) is 0 Å². The van der Waals surface area contributed by atoms with Crippen LogP contribution in [0.4, 0.5) is 0 Å². The lowest BCUT2D eigenvalue weighted by Crippen LogP contribution is -2.45. The van der Waals surface area contributed by atoms with Gasteiger partial charge < -0.3 is 0 Å². The van der Waals surface area contributed by atoms with Gasteiger partial charge in [0.2, 0.25) is 0 Å². The molecule has 9 heteroatoms. The Bertz CT molecular complexity index is 1300. The monoisotopic (exact) mass is 426 g/mol. The number of benzene rings is 2. The number of pyridine rings is 1. The highest BCUT2D eigenvalue weighted by atomic mass is 16.2. The summed E-state index contributed by atoms with van der Waals surface area (Å²) in [5.74, 6) is -3.05. The van der Waals surface area contributed by atoms with Crippen LogP contribution in [0.5, 0.6) is 0 Å². The lowest BCUT2D eigenvalue weighted by atomic mass is 10.1. The Kier molecular flexibility index (Phi) is 4.37. The minimum Gasteiger partial charge on any atom is -0.270 e. The average molecular weight is 426 g/mol. The molecule has 0 unspecified atom stereocenters. The van der Waals surface area contributed by atoms with Gasteiger partial charge in [-0.15, -0.1) is 0 Å². The number of hydrazine groups is 1. The number of carbonyl (C=O) groups excluding carboxylic acids is 5. The van der Waals surface area contributed by atoms with E-state index in [1.54, 1.807) is 36.7 Å². The number of imide groups is 2. The second-order valence-corrected chi connectivity index (χ2v) is 7.25. The zero-order valence-electron chi connectivity index (χ0n) is 16.4. The molecule has 3 heterocycles. The van der Waals surface area contributed by atoms with E-state index in [1.807, 2.05) is 0 Å². The lowest BCUT2D eigenvalue weighted by Gasteiger charge is -2.15. The van der Waals surface area contributed by atoms with Gasteiger partial charge in [0.1, 0.15) is 0 Å². The van der Waals surface area contributed by atoms with Gasteiger partial charge in [0.05, 0.1) is 28.8 Å². The van der Waals surface area contributed by atoms with Gasteiger partial charge in [0, 0.05) is 18.0 Å². The predicted octanol–water partition coefficient (Wildman–Crippen LogP) is 1.82. The Balaban J connectivity index is 1.37. The second kappa shape index (κ2) is 7.24. The molecule has 5 rings (SSSR count).